The van der Waals surface area contributed by atoms with Crippen molar-refractivity contribution >= 4 is 39.6 Å². The van der Waals surface area contributed by atoms with Gasteiger partial charge in [0.05, 0.1) is 4.92 Å². The minimum absolute atomic E-state index is 0.0814. The van der Waals surface area contributed by atoms with Gasteiger partial charge in [-0.25, -0.2) is 0 Å². The molecule has 0 bridgehead atoms. The highest BCUT2D eigenvalue weighted by Crippen LogP contribution is 2.27. The van der Waals surface area contributed by atoms with Crippen molar-refractivity contribution in [2.24, 2.45) is 0 Å². The van der Waals surface area contributed by atoms with Crippen molar-refractivity contribution in [2.45, 2.75) is 32.2 Å². The van der Waals surface area contributed by atoms with Gasteiger partial charge in [0.25, 0.3) is 11.6 Å². The normalized spacial score (nSPS) is 14.5. The summed E-state index contributed by atoms with van der Waals surface area (Å²) >= 11 is 0. The summed E-state index contributed by atoms with van der Waals surface area (Å²) in [6.45, 7) is 3.11. The van der Waals surface area contributed by atoms with Crippen molar-refractivity contribution in [3.05, 3.63) is 76.3 Å². The Morgan fingerprint density at radius 2 is 1.70 bits per heavy atom. The number of benzene rings is 3. The molecule has 1 saturated heterocycles. The summed E-state index contributed by atoms with van der Waals surface area (Å²) in [5.74, 6) is -0.528. The fraction of sp³-hybridized carbons (Fsp3) is 0.280. The maximum absolute atomic E-state index is 12.8. The number of nitrogens with zero attached hydrogens (tertiary/aromatic N) is 2. The van der Waals surface area contributed by atoms with E-state index in [0.717, 1.165) is 30.0 Å². The first-order valence-electron chi connectivity index (χ1n) is 11.1. The van der Waals surface area contributed by atoms with Crippen LogP contribution in [0.4, 0.5) is 17.1 Å². The number of nitrogens with one attached hydrogen (secondary N) is 2. The second kappa shape index (κ2) is 9.68. The van der Waals surface area contributed by atoms with Crippen LogP contribution in [-0.2, 0) is 4.79 Å². The van der Waals surface area contributed by atoms with Crippen molar-refractivity contribution in [3.8, 4) is 0 Å². The molecular weight excluding hydrogens is 420 g/mol. The molecule has 0 radical (unpaired) electrons. The molecule has 0 saturated carbocycles. The molecule has 2 amide bonds. The highest BCUT2D eigenvalue weighted by molar-refractivity contribution is 6.06. The van der Waals surface area contributed by atoms with Crippen LogP contribution in [0.3, 0.4) is 0 Å². The Morgan fingerprint density at radius 3 is 2.42 bits per heavy atom. The van der Waals surface area contributed by atoms with Crippen molar-refractivity contribution in [1.29, 1.82) is 0 Å². The van der Waals surface area contributed by atoms with Crippen LogP contribution in [0.1, 0.15) is 36.5 Å². The Kier molecular flexibility index (Phi) is 6.53. The lowest BCUT2D eigenvalue weighted by Gasteiger charge is -2.29. The lowest BCUT2D eigenvalue weighted by Crippen LogP contribution is -2.43. The van der Waals surface area contributed by atoms with Gasteiger partial charge in [-0.3, -0.25) is 19.7 Å². The van der Waals surface area contributed by atoms with Gasteiger partial charge >= 0.3 is 0 Å². The quantitative estimate of drug-likeness (QED) is 0.418. The Hall–Kier alpha value is -3.94. The van der Waals surface area contributed by atoms with Crippen molar-refractivity contribution in [1.82, 2.24) is 4.90 Å². The molecule has 1 atom stereocenters. The van der Waals surface area contributed by atoms with Crippen LogP contribution in [0.25, 0.3) is 10.8 Å². The lowest BCUT2D eigenvalue weighted by atomic mass is 10.1. The summed E-state index contributed by atoms with van der Waals surface area (Å²) in [5, 5.41) is 19.5. The van der Waals surface area contributed by atoms with Crippen LogP contribution in [0.15, 0.2) is 60.7 Å². The van der Waals surface area contributed by atoms with Gasteiger partial charge in [-0.1, -0.05) is 30.3 Å². The number of nitro benzene ring substituents is 1. The first-order chi connectivity index (χ1) is 15.9. The predicted octanol–water partition coefficient (Wildman–Crippen LogP) is 4.81. The number of hydrogen-bond donors (Lipinski definition) is 2. The van der Waals surface area contributed by atoms with Gasteiger partial charge in [-0.15, -0.1) is 0 Å². The maximum atomic E-state index is 12.8. The molecule has 4 rings (SSSR count). The summed E-state index contributed by atoms with van der Waals surface area (Å²) in [5.41, 5.74) is 0.722. The number of fused-ring (bicyclic) bond motifs is 1. The zero-order chi connectivity index (χ0) is 23.4. The number of hydrogen-bond acceptors (Lipinski definition) is 5. The number of nitro groups is 1. The van der Waals surface area contributed by atoms with Gasteiger partial charge in [0.1, 0.15) is 11.7 Å². The van der Waals surface area contributed by atoms with Crippen LogP contribution < -0.4 is 10.6 Å². The van der Waals surface area contributed by atoms with Gasteiger partial charge in [-0.2, -0.15) is 0 Å². The Bertz CT molecular complexity index is 1200. The minimum atomic E-state index is -0.612. The second-order valence-electron chi connectivity index (χ2n) is 8.26. The van der Waals surface area contributed by atoms with Crippen molar-refractivity contribution < 1.29 is 14.5 Å². The smallest absolute Gasteiger partial charge is 0.293 e. The van der Waals surface area contributed by atoms with Crippen LogP contribution in [0.5, 0.6) is 0 Å². The third-order valence-corrected chi connectivity index (χ3v) is 5.87. The summed E-state index contributed by atoms with van der Waals surface area (Å²) in [6, 6.07) is 16.9. The highest BCUT2D eigenvalue weighted by Gasteiger charge is 2.25. The molecule has 0 spiro atoms. The van der Waals surface area contributed by atoms with E-state index in [1.807, 2.05) is 36.4 Å². The van der Waals surface area contributed by atoms with E-state index < -0.39 is 16.9 Å². The third kappa shape index (κ3) is 5.11. The molecule has 8 nitrogen and oxygen atoms in total. The van der Waals surface area contributed by atoms with E-state index in [-0.39, 0.29) is 22.8 Å². The molecule has 3 aromatic rings. The van der Waals surface area contributed by atoms with Crippen LogP contribution >= 0.6 is 0 Å². The number of carbonyl (C=O) groups is 2. The zero-order valence-electron chi connectivity index (χ0n) is 18.4. The Balaban J connectivity index is 1.50. The van der Waals surface area contributed by atoms with Crippen molar-refractivity contribution in [3.63, 3.8) is 0 Å². The van der Waals surface area contributed by atoms with E-state index in [0.29, 0.717) is 18.8 Å². The number of amides is 2. The molecule has 0 aromatic heterocycles. The topological polar surface area (TPSA) is 105 Å². The molecule has 3 aromatic carbocycles. The molecule has 0 aliphatic carbocycles. The van der Waals surface area contributed by atoms with E-state index in [1.54, 1.807) is 17.9 Å². The Morgan fingerprint density at radius 1 is 0.970 bits per heavy atom. The Labute approximate surface area is 191 Å². The van der Waals surface area contributed by atoms with E-state index in [1.165, 1.54) is 18.2 Å². The average Bonchev–Trinajstić information content (AvgIpc) is 2.84. The van der Waals surface area contributed by atoms with Crippen LogP contribution in [-0.4, -0.2) is 40.8 Å². The summed E-state index contributed by atoms with van der Waals surface area (Å²) in [6.07, 6.45) is 3.05. The van der Waals surface area contributed by atoms with Crippen LogP contribution in [0.2, 0.25) is 0 Å². The number of piperidine rings is 1. The number of anilines is 2. The van der Waals surface area contributed by atoms with Crippen molar-refractivity contribution in [2.75, 3.05) is 23.7 Å². The molecule has 0 unspecified atom stereocenters. The minimum Gasteiger partial charge on any atom is -0.368 e. The SMILES string of the molecule is C[C@@H](Nc1ccc(C(=O)Nc2ccc3ccccc3c2)cc1[N+](=O)[O-])C(=O)N1CCCCC1. The fourth-order valence-corrected chi connectivity index (χ4v) is 4.10. The number of likely N-dealkylation sites (tertiary alicyclic amines) is 1. The molecule has 1 heterocycles. The third-order valence-electron chi connectivity index (χ3n) is 5.87. The predicted molar refractivity (Wildman–Crippen MR) is 129 cm³/mol. The van der Waals surface area contributed by atoms with E-state index >= 15 is 0 Å². The lowest BCUT2D eigenvalue weighted by molar-refractivity contribution is -0.384. The summed E-state index contributed by atoms with van der Waals surface area (Å²) < 4.78 is 0. The molecule has 8 heteroatoms. The van der Waals surface area contributed by atoms with Gasteiger partial charge < -0.3 is 15.5 Å². The largest absolute Gasteiger partial charge is 0.368 e. The molecule has 1 aliphatic heterocycles. The standard InChI is InChI=1S/C25H26N4O4/c1-17(25(31)28-13-5-2-6-14-28)26-22-12-10-20(16-23(22)29(32)33)24(30)27-21-11-9-18-7-3-4-8-19(18)15-21/h3-4,7-12,15-17,26H,2,5-6,13-14H2,1H3,(H,27,30)/t17-/m1/s1. The zero-order valence-corrected chi connectivity index (χ0v) is 18.4. The van der Waals surface area contributed by atoms with Crippen LogP contribution in [0, 0.1) is 10.1 Å². The number of carbonyl (C=O) groups excluding carboxylic acids is 2. The second-order valence-corrected chi connectivity index (χ2v) is 8.26. The molecule has 2 N–H and O–H groups in total. The molecule has 1 aliphatic rings. The highest BCUT2D eigenvalue weighted by atomic mass is 16.6. The van der Waals surface area contributed by atoms with E-state index in [4.69, 9.17) is 0 Å². The van der Waals surface area contributed by atoms with E-state index in [9.17, 15) is 19.7 Å². The van der Waals surface area contributed by atoms with Gasteiger partial charge in [0.2, 0.25) is 5.91 Å². The van der Waals surface area contributed by atoms with Gasteiger partial charge in [0, 0.05) is 30.4 Å². The van der Waals surface area contributed by atoms with Gasteiger partial charge in [-0.05, 0) is 61.2 Å². The molecular formula is C25H26N4O4. The molecule has 33 heavy (non-hydrogen) atoms. The molecule has 170 valence electrons. The van der Waals surface area contributed by atoms with E-state index in [2.05, 4.69) is 10.6 Å². The molecule has 1 fully saturated rings. The first kappa shape index (κ1) is 22.3. The first-order valence-corrected chi connectivity index (χ1v) is 11.1. The summed E-state index contributed by atoms with van der Waals surface area (Å²) in [7, 11) is 0. The summed E-state index contributed by atoms with van der Waals surface area (Å²) in [4.78, 5) is 38.4. The average molecular weight is 447 g/mol. The van der Waals surface area contributed by atoms with Gasteiger partial charge in [0.15, 0.2) is 0 Å². The fourth-order valence-electron chi connectivity index (χ4n) is 4.10. The maximum Gasteiger partial charge on any atom is 0.293 e. The number of rotatable bonds is 6. The monoisotopic (exact) mass is 446 g/mol.